The van der Waals surface area contributed by atoms with Gasteiger partial charge in [-0.3, -0.25) is 9.00 Å². The van der Waals surface area contributed by atoms with Crippen molar-refractivity contribution in [3.8, 4) is 0 Å². The second kappa shape index (κ2) is 6.54. The number of nitrogen functional groups attached to an aromatic ring is 1. The highest BCUT2D eigenvalue weighted by Crippen LogP contribution is 2.18. The Hall–Kier alpha value is -1.36. The van der Waals surface area contributed by atoms with Crippen LogP contribution in [0.15, 0.2) is 18.2 Å². The van der Waals surface area contributed by atoms with Crippen molar-refractivity contribution in [2.75, 3.05) is 23.9 Å². The van der Waals surface area contributed by atoms with Crippen molar-refractivity contribution in [2.45, 2.75) is 25.5 Å². The van der Waals surface area contributed by atoms with Gasteiger partial charge in [0.15, 0.2) is 5.78 Å². The molecule has 0 saturated heterocycles. The van der Waals surface area contributed by atoms with Crippen LogP contribution in [-0.2, 0) is 10.8 Å². The molecule has 1 aromatic carbocycles. The van der Waals surface area contributed by atoms with E-state index in [9.17, 15) is 9.00 Å². The van der Waals surface area contributed by atoms with Crippen LogP contribution in [0.1, 0.15) is 30.6 Å². The van der Waals surface area contributed by atoms with Crippen LogP contribution in [0.5, 0.6) is 0 Å². The van der Waals surface area contributed by atoms with E-state index in [0.29, 0.717) is 11.3 Å². The van der Waals surface area contributed by atoms with E-state index in [0.717, 1.165) is 18.7 Å². The smallest absolute Gasteiger partial charge is 0.161 e. The van der Waals surface area contributed by atoms with Gasteiger partial charge in [-0.2, -0.15) is 0 Å². The molecule has 2 unspecified atom stereocenters. The molecule has 0 bridgehead atoms. The Morgan fingerprint density at radius 1 is 1.50 bits per heavy atom. The van der Waals surface area contributed by atoms with Gasteiger partial charge in [0, 0.05) is 45.8 Å². The van der Waals surface area contributed by atoms with Crippen LogP contribution < -0.4 is 11.1 Å². The summed E-state index contributed by atoms with van der Waals surface area (Å²) in [5, 5.41) is 3.38. The fourth-order valence-electron chi connectivity index (χ4n) is 1.56. The molecule has 0 aliphatic rings. The van der Waals surface area contributed by atoms with E-state index < -0.39 is 10.8 Å². The highest BCUT2D eigenvalue weighted by atomic mass is 32.2. The molecule has 2 atom stereocenters. The Labute approximate surface area is 110 Å². The van der Waals surface area contributed by atoms with Gasteiger partial charge in [0.2, 0.25) is 0 Å². The Kier molecular flexibility index (Phi) is 5.34. The highest BCUT2D eigenvalue weighted by molar-refractivity contribution is 7.84. The standard InChI is InChI=1S/C13H20N2O2S/c1-9(18(3)17)6-7-15-11-4-5-13(14)12(8-11)10(2)16/h4-5,8-9,15H,6-7,14H2,1-3H3. The van der Waals surface area contributed by atoms with E-state index in [1.165, 1.54) is 6.92 Å². The number of carbonyl (C=O) groups excluding carboxylic acids is 1. The molecule has 0 spiro atoms. The van der Waals surface area contributed by atoms with Crippen LogP contribution in [0.4, 0.5) is 11.4 Å². The first-order valence-corrected chi connectivity index (χ1v) is 7.50. The maximum atomic E-state index is 11.3. The maximum Gasteiger partial charge on any atom is 0.161 e. The number of nitrogens with one attached hydrogen (secondary N) is 1. The van der Waals surface area contributed by atoms with Gasteiger partial charge in [-0.15, -0.1) is 0 Å². The summed E-state index contributed by atoms with van der Waals surface area (Å²) in [6.45, 7) is 4.18. The number of ketones is 1. The molecule has 0 fully saturated rings. The predicted molar refractivity (Wildman–Crippen MR) is 77.5 cm³/mol. The van der Waals surface area contributed by atoms with Crippen molar-refractivity contribution in [3.63, 3.8) is 0 Å². The number of anilines is 2. The molecule has 18 heavy (non-hydrogen) atoms. The normalized spacial score (nSPS) is 13.9. The number of Topliss-reactive ketones (excluding diaryl/α,β-unsaturated/α-hetero) is 1. The summed E-state index contributed by atoms with van der Waals surface area (Å²) >= 11 is 0. The summed E-state index contributed by atoms with van der Waals surface area (Å²) in [5.41, 5.74) is 7.61. The number of hydrogen-bond acceptors (Lipinski definition) is 4. The maximum absolute atomic E-state index is 11.3. The predicted octanol–water partition coefficient (Wildman–Crippen LogP) is 2.04. The van der Waals surface area contributed by atoms with Crippen molar-refractivity contribution >= 4 is 28.0 Å². The van der Waals surface area contributed by atoms with E-state index in [2.05, 4.69) is 5.32 Å². The second-order valence-electron chi connectivity index (χ2n) is 4.38. The van der Waals surface area contributed by atoms with E-state index >= 15 is 0 Å². The number of hydrogen-bond donors (Lipinski definition) is 2. The third-order valence-electron chi connectivity index (χ3n) is 2.88. The molecule has 0 aliphatic carbocycles. The van der Waals surface area contributed by atoms with Crippen molar-refractivity contribution in [3.05, 3.63) is 23.8 Å². The minimum atomic E-state index is -0.798. The fraction of sp³-hybridized carbons (Fsp3) is 0.462. The molecule has 0 aliphatic heterocycles. The Bertz CT molecular complexity index is 460. The van der Waals surface area contributed by atoms with E-state index in [4.69, 9.17) is 5.73 Å². The number of carbonyl (C=O) groups is 1. The molecule has 3 N–H and O–H groups in total. The Balaban J connectivity index is 2.61. The van der Waals surface area contributed by atoms with Crippen molar-refractivity contribution in [1.82, 2.24) is 0 Å². The van der Waals surface area contributed by atoms with Gasteiger partial charge in [-0.25, -0.2) is 0 Å². The average Bonchev–Trinajstić information content (AvgIpc) is 2.30. The van der Waals surface area contributed by atoms with Crippen LogP contribution in [-0.4, -0.2) is 28.0 Å². The molecule has 1 aromatic rings. The lowest BCUT2D eigenvalue weighted by Gasteiger charge is -2.11. The molecule has 100 valence electrons. The summed E-state index contributed by atoms with van der Waals surface area (Å²) < 4.78 is 11.2. The molecule has 0 radical (unpaired) electrons. The van der Waals surface area contributed by atoms with E-state index in [-0.39, 0.29) is 11.0 Å². The number of rotatable bonds is 6. The minimum Gasteiger partial charge on any atom is -0.398 e. The van der Waals surface area contributed by atoms with Gasteiger partial charge in [0.1, 0.15) is 0 Å². The van der Waals surface area contributed by atoms with Crippen LogP contribution in [0.2, 0.25) is 0 Å². The zero-order valence-corrected chi connectivity index (χ0v) is 11.8. The Morgan fingerprint density at radius 2 is 2.17 bits per heavy atom. The van der Waals surface area contributed by atoms with Gasteiger partial charge < -0.3 is 11.1 Å². The summed E-state index contributed by atoms with van der Waals surface area (Å²) in [6, 6.07) is 5.32. The molecular weight excluding hydrogens is 248 g/mol. The van der Waals surface area contributed by atoms with E-state index in [1.54, 1.807) is 18.4 Å². The quantitative estimate of drug-likeness (QED) is 0.612. The second-order valence-corrected chi connectivity index (χ2v) is 6.18. The highest BCUT2D eigenvalue weighted by Gasteiger charge is 2.07. The van der Waals surface area contributed by atoms with Gasteiger partial charge in [-0.05, 0) is 31.5 Å². The van der Waals surface area contributed by atoms with Crippen LogP contribution >= 0.6 is 0 Å². The summed E-state index contributed by atoms with van der Waals surface area (Å²) in [7, 11) is -0.798. The zero-order chi connectivity index (χ0) is 13.7. The minimum absolute atomic E-state index is 0.0424. The molecule has 4 nitrogen and oxygen atoms in total. The Morgan fingerprint density at radius 3 is 2.72 bits per heavy atom. The summed E-state index contributed by atoms with van der Waals surface area (Å²) in [5.74, 6) is -0.0424. The first-order valence-electron chi connectivity index (χ1n) is 5.88. The first kappa shape index (κ1) is 14.7. The molecule has 1 rings (SSSR count). The van der Waals surface area contributed by atoms with Crippen molar-refractivity contribution < 1.29 is 9.00 Å². The van der Waals surface area contributed by atoms with Crippen molar-refractivity contribution in [1.29, 1.82) is 0 Å². The lowest BCUT2D eigenvalue weighted by atomic mass is 10.1. The molecule has 5 heteroatoms. The van der Waals surface area contributed by atoms with Crippen LogP contribution in [0.3, 0.4) is 0 Å². The van der Waals surface area contributed by atoms with Gasteiger partial charge in [0.25, 0.3) is 0 Å². The first-order chi connectivity index (χ1) is 8.41. The molecule has 0 saturated carbocycles. The van der Waals surface area contributed by atoms with E-state index in [1.807, 2.05) is 13.0 Å². The van der Waals surface area contributed by atoms with Gasteiger partial charge >= 0.3 is 0 Å². The summed E-state index contributed by atoms with van der Waals surface area (Å²) in [4.78, 5) is 11.3. The fourth-order valence-corrected chi connectivity index (χ4v) is 2.01. The van der Waals surface area contributed by atoms with Crippen molar-refractivity contribution in [2.24, 2.45) is 0 Å². The summed E-state index contributed by atoms with van der Waals surface area (Å²) in [6.07, 6.45) is 2.53. The zero-order valence-electron chi connectivity index (χ0n) is 11.0. The third-order valence-corrected chi connectivity index (χ3v) is 4.25. The lowest BCUT2D eigenvalue weighted by molar-refractivity contribution is 0.101. The van der Waals surface area contributed by atoms with Gasteiger partial charge in [-0.1, -0.05) is 6.92 Å². The van der Waals surface area contributed by atoms with Gasteiger partial charge in [0.05, 0.1) is 0 Å². The monoisotopic (exact) mass is 268 g/mol. The van der Waals surface area contributed by atoms with Crippen LogP contribution in [0, 0.1) is 0 Å². The third kappa shape index (κ3) is 4.14. The lowest BCUT2D eigenvalue weighted by Crippen LogP contribution is -2.15. The number of nitrogens with two attached hydrogens (primary N) is 1. The average molecular weight is 268 g/mol. The molecule has 0 aromatic heterocycles. The van der Waals surface area contributed by atoms with Crippen LogP contribution in [0.25, 0.3) is 0 Å². The molecular formula is C13H20N2O2S. The largest absolute Gasteiger partial charge is 0.398 e. The molecule has 0 amide bonds. The SMILES string of the molecule is CC(=O)c1cc(NCCC(C)S(C)=O)ccc1N. The number of benzene rings is 1. The topological polar surface area (TPSA) is 72.2 Å². The molecule has 0 heterocycles.